The smallest absolute Gasteiger partial charge is 0.240 e. The number of fused-ring (bicyclic) bond motifs is 1. The van der Waals surface area contributed by atoms with Gasteiger partial charge in [0.25, 0.3) is 0 Å². The molecule has 1 unspecified atom stereocenters. The number of piperidine rings is 1. The third-order valence-electron chi connectivity index (χ3n) is 5.64. The number of methoxy groups -OCH3 is 1. The molecule has 6 nitrogen and oxygen atoms in total. The molecule has 3 heterocycles. The number of nitrogens with zero attached hydrogens (tertiary/aromatic N) is 2. The van der Waals surface area contributed by atoms with E-state index in [2.05, 4.69) is 27.6 Å². The summed E-state index contributed by atoms with van der Waals surface area (Å²) in [5.41, 5.74) is 3.54. The largest absolute Gasteiger partial charge is 0.493 e. The van der Waals surface area contributed by atoms with Crippen molar-refractivity contribution in [1.82, 2.24) is 10.3 Å². The van der Waals surface area contributed by atoms with Crippen LogP contribution in [0.1, 0.15) is 43.9 Å². The fourth-order valence-corrected chi connectivity index (χ4v) is 5.23. The monoisotopic (exact) mass is 451 g/mol. The van der Waals surface area contributed by atoms with Crippen molar-refractivity contribution in [2.75, 3.05) is 33.4 Å². The topological polar surface area (TPSA) is 63.2 Å². The van der Waals surface area contributed by atoms with Gasteiger partial charge in [-0.2, -0.15) is 5.10 Å². The second-order valence-corrected chi connectivity index (χ2v) is 8.98. The second-order valence-electron chi connectivity index (χ2n) is 7.89. The summed E-state index contributed by atoms with van der Waals surface area (Å²) in [6.07, 6.45) is 5.50. The summed E-state index contributed by atoms with van der Waals surface area (Å²) >= 11 is 1.67. The highest BCUT2D eigenvalue weighted by molar-refractivity contribution is 7.21. The maximum atomic E-state index is 11.5. The van der Waals surface area contributed by atoms with Gasteiger partial charge in [-0.1, -0.05) is 13.3 Å². The summed E-state index contributed by atoms with van der Waals surface area (Å²) in [4.78, 5) is 15.1. The number of rotatable bonds is 7. The zero-order valence-corrected chi connectivity index (χ0v) is 19.2. The van der Waals surface area contributed by atoms with E-state index in [1.807, 2.05) is 13.0 Å². The molecule has 0 saturated carbocycles. The fourth-order valence-electron chi connectivity index (χ4n) is 4.05. The molecule has 164 valence electrons. The van der Waals surface area contributed by atoms with E-state index in [4.69, 9.17) is 9.47 Å². The van der Waals surface area contributed by atoms with E-state index in [0.717, 1.165) is 45.1 Å². The van der Waals surface area contributed by atoms with Crippen LogP contribution in [0.2, 0.25) is 0 Å². The fraction of sp³-hybridized carbons (Fsp3) is 0.545. The van der Waals surface area contributed by atoms with Crippen molar-refractivity contribution in [2.45, 2.75) is 39.0 Å². The molecule has 0 spiro atoms. The van der Waals surface area contributed by atoms with E-state index in [1.165, 1.54) is 32.4 Å². The molecule has 0 radical (unpaired) electrons. The van der Waals surface area contributed by atoms with Gasteiger partial charge in [0.15, 0.2) is 11.5 Å². The number of ether oxygens (including phenoxy) is 2. The lowest BCUT2D eigenvalue weighted by molar-refractivity contribution is -0.121. The number of thiophene rings is 1. The summed E-state index contributed by atoms with van der Waals surface area (Å²) in [5.74, 6) is 1.64. The molecule has 1 fully saturated rings. The summed E-state index contributed by atoms with van der Waals surface area (Å²) < 4.78 is 12.8. The number of hydrogen-bond donors (Lipinski definition) is 1. The maximum Gasteiger partial charge on any atom is 0.240 e. The van der Waals surface area contributed by atoms with Crippen LogP contribution in [0, 0.1) is 5.92 Å². The minimum atomic E-state index is -0.0238. The van der Waals surface area contributed by atoms with Gasteiger partial charge in [-0.15, -0.1) is 23.7 Å². The molecule has 0 aliphatic carbocycles. The van der Waals surface area contributed by atoms with Gasteiger partial charge in [-0.25, -0.2) is 5.43 Å². The number of benzene rings is 1. The summed E-state index contributed by atoms with van der Waals surface area (Å²) in [7, 11) is 1.68. The standard InChI is InChI=1S/C22H29N3O3S.ClH/c1-15-11-21(26)23-24-22(15)20-13-16-12-18(17(27-2)14-19(16)29-20)28-10-6-9-25-7-4-3-5-8-25;/h12-15H,3-11H2,1-2H3,(H,23,26);1H. The van der Waals surface area contributed by atoms with Crippen molar-refractivity contribution in [1.29, 1.82) is 0 Å². The van der Waals surface area contributed by atoms with Crippen LogP contribution in [0.25, 0.3) is 10.1 Å². The van der Waals surface area contributed by atoms with Crippen LogP contribution in [0.15, 0.2) is 23.3 Å². The quantitative estimate of drug-likeness (QED) is 0.632. The predicted molar refractivity (Wildman–Crippen MR) is 124 cm³/mol. The predicted octanol–water partition coefficient (Wildman–Crippen LogP) is 4.45. The highest BCUT2D eigenvalue weighted by Crippen LogP contribution is 2.37. The van der Waals surface area contributed by atoms with E-state index in [0.29, 0.717) is 13.0 Å². The average Bonchev–Trinajstić information content (AvgIpc) is 3.13. The van der Waals surface area contributed by atoms with Gasteiger partial charge in [0.2, 0.25) is 5.91 Å². The Morgan fingerprint density at radius 2 is 2.00 bits per heavy atom. The van der Waals surface area contributed by atoms with Crippen molar-refractivity contribution >= 4 is 45.4 Å². The summed E-state index contributed by atoms with van der Waals surface area (Å²) in [6.45, 7) is 6.26. The molecule has 1 atom stereocenters. The van der Waals surface area contributed by atoms with E-state index < -0.39 is 0 Å². The van der Waals surface area contributed by atoms with Crippen LogP contribution < -0.4 is 14.9 Å². The maximum absolute atomic E-state index is 11.5. The molecule has 2 aliphatic rings. The Morgan fingerprint density at radius 1 is 1.20 bits per heavy atom. The molecule has 1 aromatic heterocycles. The lowest BCUT2D eigenvalue weighted by Crippen LogP contribution is -2.31. The lowest BCUT2D eigenvalue weighted by Gasteiger charge is -2.26. The SMILES string of the molecule is COc1cc2sc(C3=NNC(=O)CC3C)cc2cc1OCCCN1CCCCC1.Cl. The van der Waals surface area contributed by atoms with Crippen LogP contribution in [0.5, 0.6) is 11.5 Å². The Labute approximate surface area is 188 Å². The normalized spacial score (nSPS) is 19.7. The molecule has 2 aliphatic heterocycles. The number of carbonyl (C=O) groups excluding carboxylic acids is 1. The first-order valence-electron chi connectivity index (χ1n) is 10.5. The highest BCUT2D eigenvalue weighted by atomic mass is 35.5. The van der Waals surface area contributed by atoms with Crippen molar-refractivity contribution in [3.63, 3.8) is 0 Å². The Bertz CT molecular complexity index is 908. The first kappa shape index (κ1) is 22.8. The Morgan fingerprint density at radius 3 is 2.73 bits per heavy atom. The van der Waals surface area contributed by atoms with Crippen molar-refractivity contribution in [2.24, 2.45) is 11.0 Å². The van der Waals surface area contributed by atoms with Gasteiger partial charge in [-0.3, -0.25) is 4.79 Å². The highest BCUT2D eigenvalue weighted by Gasteiger charge is 2.23. The van der Waals surface area contributed by atoms with Crippen LogP contribution in [-0.2, 0) is 4.79 Å². The van der Waals surface area contributed by atoms with E-state index in [9.17, 15) is 4.79 Å². The Kier molecular flexibility index (Phi) is 7.97. The van der Waals surface area contributed by atoms with E-state index in [1.54, 1.807) is 18.4 Å². The summed E-state index contributed by atoms with van der Waals surface area (Å²) in [6, 6.07) is 6.23. The average molecular weight is 452 g/mol. The van der Waals surface area contributed by atoms with Gasteiger partial charge < -0.3 is 14.4 Å². The number of hydrogen-bond acceptors (Lipinski definition) is 6. The molecule has 0 bridgehead atoms. The minimum Gasteiger partial charge on any atom is -0.493 e. The number of carbonyl (C=O) groups is 1. The lowest BCUT2D eigenvalue weighted by atomic mass is 9.99. The van der Waals surface area contributed by atoms with Crippen molar-refractivity contribution in [3.05, 3.63) is 23.1 Å². The van der Waals surface area contributed by atoms with Gasteiger partial charge in [-0.05, 0) is 49.9 Å². The molecule has 2 aromatic rings. The molecular formula is C22H30ClN3O3S. The number of halogens is 1. The first-order valence-corrected chi connectivity index (χ1v) is 11.3. The Balaban J connectivity index is 0.00000256. The molecule has 1 N–H and O–H groups in total. The van der Waals surface area contributed by atoms with Crippen molar-refractivity contribution < 1.29 is 14.3 Å². The molecule has 4 rings (SSSR count). The van der Waals surface area contributed by atoms with Crippen LogP contribution in [0.4, 0.5) is 0 Å². The second kappa shape index (κ2) is 10.5. The van der Waals surface area contributed by atoms with Crippen LogP contribution in [0.3, 0.4) is 0 Å². The third kappa shape index (κ3) is 5.25. The number of nitrogens with one attached hydrogen (secondary N) is 1. The molecule has 8 heteroatoms. The molecule has 30 heavy (non-hydrogen) atoms. The van der Waals surface area contributed by atoms with Gasteiger partial charge in [0, 0.05) is 29.6 Å². The minimum absolute atomic E-state index is 0. The number of likely N-dealkylation sites (tertiary alicyclic amines) is 1. The first-order chi connectivity index (χ1) is 14.1. The molecular weight excluding hydrogens is 422 g/mol. The van der Waals surface area contributed by atoms with Crippen LogP contribution in [-0.4, -0.2) is 49.9 Å². The zero-order valence-electron chi connectivity index (χ0n) is 17.6. The van der Waals surface area contributed by atoms with Gasteiger partial charge in [0.05, 0.1) is 24.3 Å². The zero-order chi connectivity index (χ0) is 20.2. The van der Waals surface area contributed by atoms with Gasteiger partial charge in [0.1, 0.15) is 0 Å². The van der Waals surface area contributed by atoms with E-state index >= 15 is 0 Å². The molecule has 1 aromatic carbocycles. The van der Waals surface area contributed by atoms with Crippen LogP contribution >= 0.6 is 23.7 Å². The van der Waals surface area contributed by atoms with E-state index in [-0.39, 0.29) is 24.2 Å². The van der Waals surface area contributed by atoms with Crippen molar-refractivity contribution in [3.8, 4) is 11.5 Å². The van der Waals surface area contributed by atoms with Gasteiger partial charge >= 0.3 is 0 Å². The molecule has 1 saturated heterocycles. The number of hydrazone groups is 1. The Hall–Kier alpha value is -1.83. The molecule has 1 amide bonds. The third-order valence-corrected chi connectivity index (χ3v) is 6.76. The number of amides is 1. The summed E-state index contributed by atoms with van der Waals surface area (Å²) in [5, 5.41) is 5.40.